The second-order valence-electron chi connectivity index (χ2n) is 5.70. The summed E-state index contributed by atoms with van der Waals surface area (Å²) in [6.07, 6.45) is 2.67. The van der Waals surface area contributed by atoms with Crippen molar-refractivity contribution in [2.45, 2.75) is 45.3 Å². The van der Waals surface area contributed by atoms with E-state index in [1.54, 1.807) is 4.31 Å². The van der Waals surface area contributed by atoms with Crippen molar-refractivity contribution in [2.75, 3.05) is 32.0 Å². The van der Waals surface area contributed by atoms with Crippen LogP contribution in [0, 0.1) is 5.92 Å². The quantitative estimate of drug-likeness (QED) is 0.814. The van der Waals surface area contributed by atoms with Gasteiger partial charge in [-0.1, -0.05) is 13.8 Å². The third kappa shape index (κ3) is 3.90. The standard InChI is InChI=1S/C13H26N2O3S/c1-3-14-13-6-7-15(9-11(13)2)19(16,17)10-12-5-4-8-18-12/h11-14H,3-10H2,1-2H3. The molecule has 19 heavy (non-hydrogen) atoms. The van der Waals surface area contributed by atoms with Gasteiger partial charge in [-0.15, -0.1) is 0 Å². The van der Waals surface area contributed by atoms with Gasteiger partial charge in [0.2, 0.25) is 10.0 Å². The molecule has 2 heterocycles. The molecule has 0 spiro atoms. The number of hydrogen-bond acceptors (Lipinski definition) is 4. The SMILES string of the molecule is CCNC1CCN(S(=O)(=O)CC2CCCO2)CC1C. The molecule has 3 unspecified atom stereocenters. The zero-order chi connectivity index (χ0) is 13.9. The minimum Gasteiger partial charge on any atom is -0.377 e. The van der Waals surface area contributed by atoms with Crippen molar-refractivity contribution in [2.24, 2.45) is 5.92 Å². The van der Waals surface area contributed by atoms with Crippen LogP contribution in [-0.4, -0.2) is 56.9 Å². The van der Waals surface area contributed by atoms with Gasteiger partial charge in [-0.05, 0) is 31.7 Å². The smallest absolute Gasteiger partial charge is 0.216 e. The molecule has 0 bridgehead atoms. The minimum atomic E-state index is -3.16. The van der Waals surface area contributed by atoms with E-state index in [1.807, 2.05) is 0 Å². The Labute approximate surface area is 116 Å². The van der Waals surface area contributed by atoms with E-state index < -0.39 is 10.0 Å². The molecule has 2 aliphatic rings. The summed E-state index contributed by atoms with van der Waals surface area (Å²) in [6.45, 7) is 7.13. The van der Waals surface area contributed by atoms with E-state index >= 15 is 0 Å². The van der Waals surface area contributed by atoms with Crippen molar-refractivity contribution in [3.8, 4) is 0 Å². The molecule has 0 aromatic heterocycles. The highest BCUT2D eigenvalue weighted by molar-refractivity contribution is 7.89. The van der Waals surface area contributed by atoms with Crippen LogP contribution in [0.4, 0.5) is 0 Å². The van der Waals surface area contributed by atoms with Crippen LogP contribution in [-0.2, 0) is 14.8 Å². The maximum atomic E-state index is 12.4. The molecule has 0 aromatic carbocycles. The zero-order valence-electron chi connectivity index (χ0n) is 12.0. The molecule has 0 aromatic rings. The van der Waals surface area contributed by atoms with Crippen LogP contribution >= 0.6 is 0 Å². The number of rotatable bonds is 5. The van der Waals surface area contributed by atoms with Crippen LogP contribution in [0.5, 0.6) is 0 Å². The van der Waals surface area contributed by atoms with Crippen molar-refractivity contribution in [1.82, 2.24) is 9.62 Å². The summed E-state index contributed by atoms with van der Waals surface area (Å²) in [5.41, 5.74) is 0. The molecular weight excluding hydrogens is 264 g/mol. The number of nitrogens with zero attached hydrogens (tertiary/aromatic N) is 1. The Morgan fingerprint density at radius 1 is 1.37 bits per heavy atom. The normalized spacial score (nSPS) is 33.7. The summed E-state index contributed by atoms with van der Waals surface area (Å²) < 4.78 is 31.9. The van der Waals surface area contributed by atoms with Gasteiger partial charge in [0.05, 0.1) is 11.9 Å². The summed E-state index contributed by atoms with van der Waals surface area (Å²) in [4.78, 5) is 0. The van der Waals surface area contributed by atoms with Gasteiger partial charge in [0, 0.05) is 25.7 Å². The zero-order valence-corrected chi connectivity index (χ0v) is 12.8. The van der Waals surface area contributed by atoms with E-state index in [1.165, 1.54) is 0 Å². The molecule has 3 atom stereocenters. The maximum Gasteiger partial charge on any atom is 0.216 e. The predicted molar refractivity (Wildman–Crippen MR) is 75.6 cm³/mol. The van der Waals surface area contributed by atoms with E-state index in [0.717, 1.165) is 25.8 Å². The maximum absolute atomic E-state index is 12.4. The van der Waals surface area contributed by atoms with Gasteiger partial charge < -0.3 is 10.1 Å². The van der Waals surface area contributed by atoms with Crippen molar-refractivity contribution >= 4 is 10.0 Å². The van der Waals surface area contributed by atoms with Gasteiger partial charge in [0.15, 0.2) is 0 Å². The van der Waals surface area contributed by atoms with Crippen molar-refractivity contribution in [1.29, 1.82) is 0 Å². The van der Waals surface area contributed by atoms with Crippen LogP contribution in [0.3, 0.4) is 0 Å². The number of ether oxygens (including phenoxy) is 1. The van der Waals surface area contributed by atoms with E-state index in [-0.39, 0.29) is 11.9 Å². The van der Waals surface area contributed by atoms with E-state index in [0.29, 0.717) is 31.7 Å². The first-order valence-corrected chi connectivity index (χ1v) is 8.96. The van der Waals surface area contributed by atoms with Gasteiger partial charge in [0.25, 0.3) is 0 Å². The summed E-state index contributed by atoms with van der Waals surface area (Å²) in [5.74, 6) is 0.527. The number of sulfonamides is 1. The largest absolute Gasteiger partial charge is 0.377 e. The number of nitrogens with one attached hydrogen (secondary N) is 1. The molecule has 2 saturated heterocycles. The molecule has 5 nitrogen and oxygen atoms in total. The highest BCUT2D eigenvalue weighted by Crippen LogP contribution is 2.22. The highest BCUT2D eigenvalue weighted by atomic mass is 32.2. The van der Waals surface area contributed by atoms with Crippen molar-refractivity contribution in [3.05, 3.63) is 0 Å². The summed E-state index contributed by atoms with van der Waals surface area (Å²) >= 11 is 0. The minimum absolute atomic E-state index is 0.0909. The second kappa shape index (κ2) is 6.52. The first-order valence-electron chi connectivity index (χ1n) is 7.35. The molecule has 0 amide bonds. The average molecular weight is 290 g/mol. The van der Waals surface area contributed by atoms with Crippen LogP contribution < -0.4 is 5.32 Å². The van der Waals surface area contributed by atoms with Gasteiger partial charge in [0.1, 0.15) is 0 Å². The first kappa shape index (κ1) is 15.2. The monoisotopic (exact) mass is 290 g/mol. The Balaban J connectivity index is 1.91. The molecule has 6 heteroatoms. The Morgan fingerprint density at radius 2 is 2.16 bits per heavy atom. The van der Waals surface area contributed by atoms with Gasteiger partial charge in [-0.2, -0.15) is 0 Å². The lowest BCUT2D eigenvalue weighted by Gasteiger charge is -2.36. The number of piperidine rings is 1. The third-order valence-electron chi connectivity index (χ3n) is 4.15. The fraction of sp³-hybridized carbons (Fsp3) is 1.00. The second-order valence-corrected chi connectivity index (χ2v) is 7.72. The fourth-order valence-corrected chi connectivity index (χ4v) is 4.83. The van der Waals surface area contributed by atoms with E-state index in [2.05, 4.69) is 19.2 Å². The van der Waals surface area contributed by atoms with Crippen LogP contribution in [0.1, 0.15) is 33.1 Å². The van der Waals surface area contributed by atoms with Crippen molar-refractivity contribution < 1.29 is 13.2 Å². The van der Waals surface area contributed by atoms with Gasteiger partial charge >= 0.3 is 0 Å². The lowest BCUT2D eigenvalue weighted by molar-refractivity contribution is 0.125. The lowest BCUT2D eigenvalue weighted by atomic mass is 9.95. The molecule has 2 fully saturated rings. The summed E-state index contributed by atoms with van der Waals surface area (Å²) in [7, 11) is -3.16. The predicted octanol–water partition coefficient (Wildman–Crippen LogP) is 0.815. The Hall–Kier alpha value is -0.170. The van der Waals surface area contributed by atoms with Gasteiger partial charge in [-0.25, -0.2) is 12.7 Å². The summed E-state index contributed by atoms with van der Waals surface area (Å²) in [6, 6.07) is 0.444. The summed E-state index contributed by atoms with van der Waals surface area (Å²) in [5, 5.41) is 3.43. The molecule has 0 saturated carbocycles. The molecule has 112 valence electrons. The topological polar surface area (TPSA) is 58.6 Å². The van der Waals surface area contributed by atoms with Crippen molar-refractivity contribution in [3.63, 3.8) is 0 Å². The number of hydrogen-bond donors (Lipinski definition) is 1. The van der Waals surface area contributed by atoms with E-state index in [9.17, 15) is 8.42 Å². The van der Waals surface area contributed by atoms with Crippen LogP contribution in [0.25, 0.3) is 0 Å². The highest BCUT2D eigenvalue weighted by Gasteiger charge is 2.34. The first-order chi connectivity index (χ1) is 9.03. The lowest BCUT2D eigenvalue weighted by Crippen LogP contribution is -2.51. The molecule has 0 aliphatic carbocycles. The molecule has 1 N–H and O–H groups in total. The Morgan fingerprint density at radius 3 is 2.74 bits per heavy atom. The van der Waals surface area contributed by atoms with Gasteiger partial charge in [-0.3, -0.25) is 0 Å². The van der Waals surface area contributed by atoms with E-state index in [4.69, 9.17) is 4.74 Å². The molecular formula is C13H26N2O3S. The fourth-order valence-electron chi connectivity index (χ4n) is 3.04. The third-order valence-corrected chi connectivity index (χ3v) is 6.06. The van der Waals surface area contributed by atoms with Crippen LogP contribution in [0.2, 0.25) is 0 Å². The molecule has 2 aliphatic heterocycles. The molecule has 2 rings (SSSR count). The van der Waals surface area contributed by atoms with Crippen LogP contribution in [0.15, 0.2) is 0 Å². The molecule has 0 radical (unpaired) electrons. The Bertz CT molecular complexity index is 379. The Kier molecular flexibility index (Phi) is 5.22. The average Bonchev–Trinajstić information content (AvgIpc) is 2.84.